The highest BCUT2D eigenvalue weighted by molar-refractivity contribution is 6.31. The largest absolute Gasteiger partial charge is 0.444 e. The number of nitrogens with zero attached hydrogens (tertiary/aromatic N) is 6. The van der Waals surface area contributed by atoms with Crippen LogP contribution in [-0.2, 0) is 20.8 Å². The number of hydrogen-bond donors (Lipinski definition) is 2. The van der Waals surface area contributed by atoms with Crippen molar-refractivity contribution in [2.75, 3.05) is 36.8 Å². The number of carbonyl (C=O) groups excluding carboxylic acids is 2. The van der Waals surface area contributed by atoms with Crippen molar-refractivity contribution in [2.24, 2.45) is 0 Å². The predicted octanol–water partition coefficient (Wildman–Crippen LogP) is 11.9. The van der Waals surface area contributed by atoms with E-state index in [2.05, 4.69) is 30.6 Å². The number of alkyl halides is 2. The molecule has 64 heavy (non-hydrogen) atoms. The highest BCUT2D eigenvalue weighted by atomic mass is 35.5. The Hall–Kier alpha value is -6.00. The molecule has 2 saturated heterocycles. The zero-order chi connectivity index (χ0) is 46.2. The van der Waals surface area contributed by atoms with Crippen LogP contribution in [0.25, 0.3) is 21.8 Å². The Morgan fingerprint density at radius 1 is 0.625 bits per heavy atom. The molecule has 6 aromatic rings. The summed E-state index contributed by atoms with van der Waals surface area (Å²) in [7, 11) is 0. The molecule has 2 amide bonds. The van der Waals surface area contributed by atoms with E-state index in [-0.39, 0.29) is 60.4 Å². The van der Waals surface area contributed by atoms with E-state index >= 15 is 8.78 Å². The van der Waals surface area contributed by atoms with Crippen LogP contribution in [-0.4, -0.2) is 79.3 Å². The molecule has 1 unspecified atom stereocenters. The van der Waals surface area contributed by atoms with Crippen LogP contribution in [0, 0.1) is 11.6 Å². The molecule has 0 bridgehead atoms. The summed E-state index contributed by atoms with van der Waals surface area (Å²) in [4.78, 5) is 44.3. The van der Waals surface area contributed by atoms with E-state index in [1.165, 1.54) is 46.7 Å². The molecule has 8 rings (SSSR count). The van der Waals surface area contributed by atoms with E-state index in [9.17, 15) is 18.4 Å². The Morgan fingerprint density at radius 2 is 1.02 bits per heavy atom. The van der Waals surface area contributed by atoms with Crippen molar-refractivity contribution in [3.63, 3.8) is 0 Å². The summed E-state index contributed by atoms with van der Waals surface area (Å²) in [6.07, 6.45) is 1.88. The zero-order valence-electron chi connectivity index (χ0n) is 35.9. The third-order valence-corrected chi connectivity index (χ3v) is 11.0. The molecule has 2 aromatic heterocycles. The van der Waals surface area contributed by atoms with Crippen LogP contribution in [0.15, 0.2) is 85.5 Å². The second-order valence-corrected chi connectivity index (χ2v) is 18.4. The molecular weight excluding hydrogens is 875 g/mol. The maximum Gasteiger partial charge on any atom is 0.410 e. The molecule has 0 saturated carbocycles. The average Bonchev–Trinajstić information content (AvgIpc) is 3.85. The lowest BCUT2D eigenvalue weighted by atomic mass is 9.93. The van der Waals surface area contributed by atoms with Crippen molar-refractivity contribution >= 4 is 80.2 Å². The summed E-state index contributed by atoms with van der Waals surface area (Å²) in [5, 5.41) is 6.85. The summed E-state index contributed by atoms with van der Waals surface area (Å²) < 4.78 is 71.3. The number of anilines is 4. The normalized spacial score (nSPS) is 18.8. The lowest BCUT2D eigenvalue weighted by Crippen LogP contribution is -2.37. The van der Waals surface area contributed by atoms with Gasteiger partial charge in [0.15, 0.2) is 23.0 Å². The number of likely N-dealkylation sites (tertiary alicyclic amines) is 2. The monoisotopic (exact) mass is 920 g/mol. The van der Waals surface area contributed by atoms with Crippen LogP contribution >= 0.6 is 23.2 Å². The number of benzene rings is 4. The molecule has 0 spiro atoms. The molecule has 2 N–H and O–H groups in total. The van der Waals surface area contributed by atoms with Gasteiger partial charge in [-0.15, -0.1) is 0 Å². The third-order valence-electron chi connectivity index (χ3n) is 10.5. The average molecular weight is 922 g/mol. The summed E-state index contributed by atoms with van der Waals surface area (Å²) >= 11 is 11.7. The van der Waals surface area contributed by atoms with Gasteiger partial charge in [0.25, 0.3) is 0 Å². The summed E-state index contributed by atoms with van der Waals surface area (Å²) in [5.74, 6) is -0.571. The smallest absolute Gasteiger partial charge is 0.410 e. The number of nitrogens with one attached hydrogen (secondary N) is 2. The van der Waals surface area contributed by atoms with Gasteiger partial charge < -0.3 is 29.9 Å². The van der Waals surface area contributed by atoms with Gasteiger partial charge in [-0.1, -0.05) is 47.5 Å². The first kappa shape index (κ1) is 46.0. The minimum atomic E-state index is -1.75. The van der Waals surface area contributed by atoms with Gasteiger partial charge in [-0.05, 0) is 101 Å². The number of ether oxygens (including phenoxy) is 2. The van der Waals surface area contributed by atoms with Crippen LogP contribution in [0.2, 0.25) is 10.0 Å². The van der Waals surface area contributed by atoms with Crippen molar-refractivity contribution in [3.8, 4) is 0 Å². The molecule has 18 heteroatoms. The van der Waals surface area contributed by atoms with Gasteiger partial charge in [0.05, 0.1) is 45.5 Å². The number of amides is 2. The maximum absolute atomic E-state index is 15.9. The SMILES string of the molecule is CC(C)(C)OC(=O)N1CCC(F)(c2ccc3ncnc(Nc4cccc(Cl)c4F)c3c2)C1.CC(C)(C)OC(=O)N1CC[C@@](F)(c2ccc3ncnc(Nc4cccc(Cl)c4F)c3c2)C1. The molecule has 4 aromatic carbocycles. The fourth-order valence-corrected chi connectivity index (χ4v) is 7.66. The van der Waals surface area contributed by atoms with Crippen LogP contribution < -0.4 is 10.6 Å². The van der Waals surface area contributed by atoms with Crippen LogP contribution in [0.3, 0.4) is 0 Å². The lowest BCUT2D eigenvalue weighted by Gasteiger charge is -2.25. The van der Waals surface area contributed by atoms with E-state index in [0.717, 1.165) is 0 Å². The Bertz CT molecular complexity index is 2550. The van der Waals surface area contributed by atoms with Crippen molar-refractivity contribution in [3.05, 3.63) is 118 Å². The zero-order valence-corrected chi connectivity index (χ0v) is 37.4. The summed E-state index contributed by atoms with van der Waals surface area (Å²) in [5.41, 5.74) is -2.60. The number of rotatable bonds is 6. The molecular formula is C46H46Cl2F4N8O4. The maximum atomic E-state index is 15.9. The molecule has 0 radical (unpaired) electrons. The first-order valence-electron chi connectivity index (χ1n) is 20.4. The highest BCUT2D eigenvalue weighted by Crippen LogP contribution is 2.41. The fourth-order valence-electron chi connectivity index (χ4n) is 7.31. The van der Waals surface area contributed by atoms with Gasteiger partial charge in [-0.25, -0.2) is 47.1 Å². The second-order valence-electron chi connectivity index (χ2n) is 17.6. The molecule has 2 aliphatic rings. The van der Waals surface area contributed by atoms with Gasteiger partial charge >= 0.3 is 12.2 Å². The van der Waals surface area contributed by atoms with Gasteiger partial charge in [-0.2, -0.15) is 0 Å². The second kappa shape index (κ2) is 17.9. The minimum Gasteiger partial charge on any atom is -0.444 e. The molecule has 4 heterocycles. The number of fused-ring (bicyclic) bond motifs is 2. The van der Waals surface area contributed by atoms with Gasteiger partial charge in [0, 0.05) is 36.7 Å². The first-order chi connectivity index (χ1) is 30.1. The van der Waals surface area contributed by atoms with Crippen LogP contribution in [0.4, 0.5) is 50.2 Å². The molecule has 0 aliphatic carbocycles. The minimum absolute atomic E-state index is 0.0232. The summed E-state index contributed by atoms with van der Waals surface area (Å²) in [6, 6.07) is 19.1. The fraction of sp³-hybridized carbons (Fsp3) is 0.348. The van der Waals surface area contributed by atoms with Crippen molar-refractivity contribution < 1.29 is 36.6 Å². The third kappa shape index (κ3) is 10.3. The Kier molecular flexibility index (Phi) is 12.8. The quantitative estimate of drug-likeness (QED) is 0.155. The predicted molar refractivity (Wildman–Crippen MR) is 239 cm³/mol. The molecule has 2 atom stereocenters. The number of aromatic nitrogens is 4. The Labute approximate surface area is 377 Å². The van der Waals surface area contributed by atoms with Crippen molar-refractivity contribution in [2.45, 2.75) is 76.9 Å². The highest BCUT2D eigenvalue weighted by Gasteiger charge is 2.44. The summed E-state index contributed by atoms with van der Waals surface area (Å²) in [6.45, 7) is 10.9. The van der Waals surface area contributed by atoms with E-state index in [1.54, 1.807) is 90.1 Å². The van der Waals surface area contributed by atoms with E-state index in [1.807, 2.05) is 0 Å². The molecule has 336 valence electrons. The Morgan fingerprint density at radius 3 is 1.39 bits per heavy atom. The number of hydrogen-bond acceptors (Lipinski definition) is 10. The molecule has 2 fully saturated rings. The Balaban J connectivity index is 0.000000191. The van der Waals surface area contributed by atoms with Crippen molar-refractivity contribution in [1.29, 1.82) is 0 Å². The lowest BCUT2D eigenvalue weighted by molar-refractivity contribution is 0.0248. The molecule has 12 nitrogen and oxygen atoms in total. The van der Waals surface area contributed by atoms with Gasteiger partial charge in [-0.3, -0.25) is 0 Å². The number of halogens is 6. The van der Waals surface area contributed by atoms with Gasteiger partial charge in [0.1, 0.15) is 35.5 Å². The van der Waals surface area contributed by atoms with E-state index < -0.39 is 46.4 Å². The topological polar surface area (TPSA) is 135 Å². The van der Waals surface area contributed by atoms with Crippen LogP contribution in [0.1, 0.15) is 65.5 Å². The van der Waals surface area contributed by atoms with E-state index in [4.69, 9.17) is 32.7 Å². The molecule has 2 aliphatic heterocycles. The van der Waals surface area contributed by atoms with Crippen molar-refractivity contribution in [1.82, 2.24) is 29.7 Å². The van der Waals surface area contributed by atoms with E-state index in [0.29, 0.717) is 44.6 Å². The first-order valence-corrected chi connectivity index (χ1v) is 21.1. The van der Waals surface area contributed by atoms with Crippen LogP contribution in [0.5, 0.6) is 0 Å². The standard InChI is InChI=1S/2C23H23ClF2N4O2/c2*1-22(2,3)32-21(31)30-10-9-23(26,12-30)14-7-8-17-15(11-14)20(28-13-27-17)29-18-6-4-5-16(24)19(18)25/h2*4-8,11,13H,9-10,12H2,1-3H3,(H,27,28,29)/t23-;/m0./s1. The number of carbonyl (C=O) groups is 2. The van der Waals surface area contributed by atoms with Gasteiger partial charge in [0.2, 0.25) is 0 Å².